The van der Waals surface area contributed by atoms with Gasteiger partial charge in [-0.2, -0.15) is 8.78 Å². The molecule has 2 aromatic carbocycles. The summed E-state index contributed by atoms with van der Waals surface area (Å²) in [6.45, 7) is 0.869. The van der Waals surface area contributed by atoms with Gasteiger partial charge in [-0.05, 0) is 24.8 Å². The molecule has 450 valence electrons. The maximum Gasteiger partial charge on any atom is 0.364 e. The quantitative estimate of drug-likeness (QED) is 0.00800. The molecule has 1 aliphatic heterocycles. The van der Waals surface area contributed by atoms with E-state index < -0.39 is 121 Å². The van der Waals surface area contributed by atoms with Gasteiger partial charge in [0.2, 0.25) is 46.6 Å². The third kappa shape index (κ3) is 20.9. The van der Waals surface area contributed by atoms with Gasteiger partial charge in [-0.15, -0.1) is 10.2 Å². The number of hydrogen-bond donors (Lipinski definition) is 7. The van der Waals surface area contributed by atoms with Gasteiger partial charge in [0, 0.05) is 25.6 Å². The lowest BCUT2D eigenvalue weighted by molar-refractivity contribution is -0.310. The molecule has 6 atom stereocenters. The summed E-state index contributed by atoms with van der Waals surface area (Å²) < 4.78 is 118. The number of nitrogens with zero attached hydrogens (tertiary/aromatic N) is 6. The van der Waals surface area contributed by atoms with E-state index in [0.717, 1.165) is 18.5 Å². The highest BCUT2D eigenvalue weighted by Gasteiger charge is 2.56. The zero-order chi connectivity index (χ0) is 58.7. The van der Waals surface area contributed by atoms with Crippen molar-refractivity contribution in [3.63, 3.8) is 0 Å². The van der Waals surface area contributed by atoms with E-state index in [9.17, 15) is 66.7 Å². The predicted octanol–water partition coefficient (Wildman–Crippen LogP) is 0.523. The summed E-state index contributed by atoms with van der Waals surface area (Å²) in [5.41, 5.74) is 2.58. The molecule has 1 fully saturated rings. The van der Waals surface area contributed by atoms with E-state index in [2.05, 4.69) is 36.0 Å². The molecular weight excluding hydrogens is 1100 g/mol. The number of aliphatic hydroxyl groups excluding tert-OH is 4. The van der Waals surface area contributed by atoms with Crippen LogP contribution in [0.4, 0.5) is 22.0 Å². The Morgan fingerprint density at radius 1 is 0.753 bits per heavy atom. The summed E-state index contributed by atoms with van der Waals surface area (Å²) in [7, 11) is 1.58. The molecule has 0 unspecified atom stereocenters. The number of amides is 2. The molecule has 2 amide bonds. The van der Waals surface area contributed by atoms with Crippen LogP contribution in [0.5, 0.6) is 5.75 Å². The molecule has 26 nitrogen and oxygen atoms in total. The molecule has 1 saturated heterocycles. The molecule has 81 heavy (non-hydrogen) atoms. The van der Waals surface area contributed by atoms with Gasteiger partial charge in [-0.25, -0.2) is 27.3 Å². The van der Waals surface area contributed by atoms with E-state index in [0.29, 0.717) is 55.8 Å². The number of hydrogen-bond acceptors (Lipinski definition) is 21. The van der Waals surface area contributed by atoms with Gasteiger partial charge >= 0.3 is 11.9 Å². The monoisotopic (exact) mass is 1160 g/mol. The fraction of sp³-hybridized carbons (Fsp3) is 0.600. The molecule has 4 aromatic rings. The topological polar surface area (TPSA) is 338 Å². The van der Waals surface area contributed by atoms with Gasteiger partial charge in [-0.3, -0.25) is 14.4 Å². The number of methoxy groups -OCH3 is 1. The van der Waals surface area contributed by atoms with Gasteiger partial charge < -0.3 is 78.8 Å². The van der Waals surface area contributed by atoms with Gasteiger partial charge in [0.25, 0.3) is 5.79 Å². The number of aryl methyl sites for hydroxylation is 1. The van der Waals surface area contributed by atoms with Crippen molar-refractivity contribution in [2.75, 3.05) is 92.9 Å². The van der Waals surface area contributed by atoms with E-state index in [4.69, 9.17) is 37.9 Å². The van der Waals surface area contributed by atoms with Crippen LogP contribution in [0, 0.1) is 29.1 Å². The largest absolute Gasteiger partial charge is 0.477 e. The molecule has 0 aliphatic carbocycles. The number of halogens is 5. The predicted molar refractivity (Wildman–Crippen MR) is 265 cm³/mol. The number of aromatic nitrogens is 6. The van der Waals surface area contributed by atoms with Crippen molar-refractivity contribution in [1.29, 1.82) is 0 Å². The molecule has 0 spiro atoms. The van der Waals surface area contributed by atoms with Gasteiger partial charge in [0.05, 0.1) is 128 Å². The molecule has 0 bridgehead atoms. The summed E-state index contributed by atoms with van der Waals surface area (Å²) in [5.74, 6) is -20.0. The normalized spacial score (nSPS) is 17.9. The maximum absolute atomic E-state index is 13.7. The first-order chi connectivity index (χ1) is 39.0. The summed E-state index contributed by atoms with van der Waals surface area (Å²) >= 11 is 0. The van der Waals surface area contributed by atoms with Gasteiger partial charge in [-0.1, -0.05) is 47.5 Å². The summed E-state index contributed by atoms with van der Waals surface area (Å²) in [6.07, 6.45) is -1.97. The summed E-state index contributed by atoms with van der Waals surface area (Å²) in [5, 5.41) is 74.4. The van der Waals surface area contributed by atoms with Crippen LogP contribution in [0.1, 0.15) is 49.8 Å². The number of esters is 1. The van der Waals surface area contributed by atoms with E-state index in [-0.39, 0.29) is 72.6 Å². The highest BCUT2D eigenvalue weighted by Crippen LogP contribution is 2.34. The number of carboxylic acids is 1. The number of carboxylic acid groups (broad SMARTS) is 1. The number of rotatable bonds is 39. The fourth-order valence-electron chi connectivity index (χ4n) is 7.82. The van der Waals surface area contributed by atoms with Crippen LogP contribution in [-0.4, -0.2) is 208 Å². The second-order valence-corrected chi connectivity index (χ2v) is 18.1. The Bertz CT molecular complexity index is 2560. The van der Waals surface area contributed by atoms with Crippen molar-refractivity contribution in [1.82, 2.24) is 40.6 Å². The van der Waals surface area contributed by atoms with Crippen LogP contribution in [0.2, 0.25) is 0 Å². The first-order valence-corrected chi connectivity index (χ1v) is 25.7. The van der Waals surface area contributed by atoms with Crippen molar-refractivity contribution in [3.8, 4) is 17.0 Å². The van der Waals surface area contributed by atoms with Crippen molar-refractivity contribution >= 4 is 23.8 Å². The minimum Gasteiger partial charge on any atom is -0.477 e. The number of aliphatic carboxylic acids is 1. The Kier molecular flexibility index (Phi) is 27.7. The number of aliphatic hydroxyl groups is 4. The van der Waals surface area contributed by atoms with Crippen LogP contribution in [0.25, 0.3) is 11.3 Å². The van der Waals surface area contributed by atoms with Crippen molar-refractivity contribution < 1.29 is 109 Å². The molecule has 2 aromatic heterocycles. The third-order valence-corrected chi connectivity index (χ3v) is 12.1. The van der Waals surface area contributed by atoms with E-state index in [1.165, 1.54) is 0 Å². The van der Waals surface area contributed by atoms with Crippen LogP contribution in [0.15, 0.2) is 36.7 Å². The number of ether oxygens (including phenoxy) is 9. The number of carbonyl (C=O) groups excluding carboxylic acids is 3. The lowest BCUT2D eigenvalue weighted by Crippen LogP contribution is -2.68. The highest BCUT2D eigenvalue weighted by atomic mass is 19.2. The standard InChI is InChI=1S/C50H67F5N8O18/c1-73-16-17-78-30-63-27-33(58-60-63)6-4-2-3-5-13-79-50(49(71)72)25-35(65)45(57-38(68)29-64)48(81-50)46(70)36(66)26-56-37(67)24-31-7-9-32(10-8-31)34-28-62(61-59-34)12-15-75-19-21-77-23-22-76-20-18-74-14-11-39(69)80-47-43(54)41(52)40(51)42(53)44(47)55/h7-10,27-28,35-36,45-46,48,64-66,70H,2-6,11-26,29-30H2,1H3,(H,56,67)(H,57,68)(H,71,72)/t35-,36+,45+,46+,48+,50+/m0/s1. The maximum atomic E-state index is 13.7. The first kappa shape index (κ1) is 65.6. The van der Waals surface area contributed by atoms with Crippen LogP contribution in [-0.2, 0) is 83.2 Å². The minimum atomic E-state index is -2.49. The minimum absolute atomic E-state index is 0.0207. The smallest absolute Gasteiger partial charge is 0.364 e. The average molecular weight is 1160 g/mol. The Morgan fingerprint density at radius 3 is 2.02 bits per heavy atom. The zero-order valence-corrected chi connectivity index (χ0v) is 44.2. The Morgan fingerprint density at radius 2 is 1.37 bits per heavy atom. The fourth-order valence-corrected chi connectivity index (χ4v) is 7.82. The molecule has 31 heteroatoms. The highest BCUT2D eigenvalue weighted by molar-refractivity contribution is 5.79. The molecule has 7 N–H and O–H groups in total. The summed E-state index contributed by atoms with van der Waals surface area (Å²) in [6, 6.07) is 5.32. The van der Waals surface area contributed by atoms with Gasteiger partial charge in [0.15, 0.2) is 0 Å². The number of unbranched alkanes of at least 4 members (excludes halogenated alkanes) is 3. The second kappa shape index (κ2) is 34.3. The first-order valence-electron chi connectivity index (χ1n) is 25.7. The lowest BCUT2D eigenvalue weighted by Gasteiger charge is -2.46. The number of benzene rings is 2. The van der Waals surface area contributed by atoms with Crippen LogP contribution in [0.3, 0.4) is 0 Å². The van der Waals surface area contributed by atoms with Crippen LogP contribution < -0.4 is 15.4 Å². The van der Waals surface area contributed by atoms with Gasteiger partial charge in [0.1, 0.15) is 31.2 Å². The molecule has 5 rings (SSSR count). The lowest BCUT2D eigenvalue weighted by atomic mass is 9.88. The molecule has 3 heterocycles. The second-order valence-electron chi connectivity index (χ2n) is 18.1. The average Bonchev–Trinajstić information content (AvgIpc) is 4.15. The number of carbonyl (C=O) groups is 4. The summed E-state index contributed by atoms with van der Waals surface area (Å²) in [4.78, 5) is 49.6. The Hall–Kier alpha value is -6.23. The zero-order valence-electron chi connectivity index (χ0n) is 44.2. The van der Waals surface area contributed by atoms with E-state index in [1.807, 2.05) is 0 Å². The number of nitrogens with one attached hydrogen (secondary N) is 2. The van der Waals surface area contributed by atoms with E-state index >= 15 is 0 Å². The Labute approximate surface area is 460 Å². The van der Waals surface area contributed by atoms with Crippen molar-refractivity contribution in [3.05, 3.63) is 77.0 Å². The molecule has 0 saturated carbocycles. The SMILES string of the molecule is COCCOCn1cc(CCCCCCO[C@]2(C(=O)O)C[C@H](O)[C@@H](NC(=O)CO)[C@H]([C@H](O)[C@H](O)CNC(=O)Cc3ccc(-c4cn(CCOCCOCCOCCOCCC(=O)Oc5c(F)c(F)c(F)c(F)c5F)nn4)cc3)O2)nn1. The van der Waals surface area contributed by atoms with Crippen molar-refractivity contribution in [2.45, 2.75) is 101 Å². The van der Waals surface area contributed by atoms with Crippen LogP contribution >= 0.6 is 0 Å². The molecular formula is C50H67F5N8O18. The molecule has 0 radical (unpaired) electrons. The Balaban J connectivity index is 0.945. The third-order valence-electron chi connectivity index (χ3n) is 12.1. The van der Waals surface area contributed by atoms with E-state index in [1.54, 1.807) is 53.1 Å². The van der Waals surface area contributed by atoms with Crippen molar-refractivity contribution in [2.24, 2.45) is 0 Å². The molecule has 1 aliphatic rings.